The van der Waals surface area contributed by atoms with Crippen LogP contribution in [0.2, 0.25) is 5.02 Å². The van der Waals surface area contributed by atoms with Gasteiger partial charge in [-0.1, -0.05) is 96.5 Å². The number of nitrogens with two attached hydrogens (primary N) is 3. The average molecular weight is 1190 g/mol. The maximum Gasteiger partial charge on any atom is 0.245 e. The molecule has 0 aliphatic carbocycles. The van der Waals surface area contributed by atoms with Crippen LogP contribution in [0.3, 0.4) is 0 Å². The van der Waals surface area contributed by atoms with E-state index in [1.54, 1.807) is 54.7 Å². The maximum atomic E-state index is 15.2. The van der Waals surface area contributed by atoms with Crippen molar-refractivity contribution in [3.63, 3.8) is 0 Å². The van der Waals surface area contributed by atoms with Crippen molar-refractivity contribution in [2.75, 3.05) is 25.1 Å². The van der Waals surface area contributed by atoms with Crippen LogP contribution in [-0.4, -0.2) is 147 Å². The minimum Gasteiger partial charge on any atom is -0.508 e. The zero-order chi connectivity index (χ0) is 60.3. The minimum atomic E-state index is -1.70. The molecule has 24 heteroatoms. The van der Waals surface area contributed by atoms with Crippen molar-refractivity contribution in [3.05, 3.63) is 149 Å². The number of aliphatic hydroxyl groups excluding tert-OH is 1. The van der Waals surface area contributed by atoms with E-state index >= 15 is 4.79 Å². The number of aliphatic hydroxyl groups is 1. The fourth-order valence-corrected chi connectivity index (χ4v) is 10.0. The monoisotopic (exact) mass is 1190 g/mol. The number of para-hydroxylation sites is 1. The van der Waals surface area contributed by atoms with Crippen molar-refractivity contribution in [1.82, 2.24) is 41.8 Å². The lowest BCUT2D eigenvalue weighted by Gasteiger charge is -2.33. The van der Waals surface area contributed by atoms with Gasteiger partial charge in [-0.05, 0) is 103 Å². The number of carbonyl (C=O) groups excluding carboxylic acids is 8. The van der Waals surface area contributed by atoms with Gasteiger partial charge < -0.3 is 69.2 Å². The molecule has 0 unspecified atom stereocenters. The topological polar surface area (TPSA) is 346 Å². The molecule has 0 aliphatic rings. The molecule has 1 heterocycles. The van der Waals surface area contributed by atoms with Gasteiger partial charge in [0.25, 0.3) is 0 Å². The first-order valence-corrected chi connectivity index (χ1v) is 28.6. The molecule has 1 aromatic heterocycles. The zero-order valence-electron chi connectivity index (χ0n) is 45.9. The van der Waals surface area contributed by atoms with Gasteiger partial charge in [-0.2, -0.15) is 25.3 Å². The first-order chi connectivity index (χ1) is 39.7. The number of benzene rings is 5. The van der Waals surface area contributed by atoms with E-state index in [2.05, 4.69) is 62.1 Å². The Morgan fingerprint density at radius 3 is 1.80 bits per heavy atom. The molecule has 9 atom stereocenters. The highest BCUT2D eigenvalue weighted by Gasteiger charge is 2.38. The van der Waals surface area contributed by atoms with Crippen LogP contribution in [0.4, 0.5) is 0 Å². The molecule has 6 rings (SSSR count). The number of phenols is 1. The summed E-state index contributed by atoms with van der Waals surface area (Å²) in [5.74, 6) is -7.12. The second-order valence-electron chi connectivity index (χ2n) is 20.3. The molecule has 15 N–H and O–H groups in total. The number of nitrogens with zero attached hydrogens (tertiary/aromatic N) is 1. The summed E-state index contributed by atoms with van der Waals surface area (Å²) < 4.78 is 0. The number of H-pyrrole nitrogens is 1. The second-order valence-corrected chi connectivity index (χ2v) is 21.5. The summed E-state index contributed by atoms with van der Waals surface area (Å²) in [6, 6.07) is 22.2. The van der Waals surface area contributed by atoms with Crippen LogP contribution >= 0.6 is 36.9 Å². The Balaban J connectivity index is 1.22. The Hall–Kier alpha value is -7.67. The maximum absolute atomic E-state index is 15.2. The predicted molar refractivity (Wildman–Crippen MR) is 324 cm³/mol. The van der Waals surface area contributed by atoms with Crippen LogP contribution in [0.1, 0.15) is 48.4 Å². The molecule has 21 nitrogen and oxygen atoms in total. The summed E-state index contributed by atoms with van der Waals surface area (Å²) in [7, 11) is 1.35. The fourth-order valence-electron chi connectivity index (χ4n) is 9.37. The first-order valence-electron chi connectivity index (χ1n) is 27.0. The van der Waals surface area contributed by atoms with Gasteiger partial charge in [-0.25, -0.2) is 0 Å². The Labute approximate surface area is 496 Å². The number of aromatic hydroxyl groups is 1. The molecule has 0 aliphatic heterocycles. The number of primary amides is 1. The van der Waals surface area contributed by atoms with Crippen LogP contribution in [0.25, 0.3) is 21.7 Å². The van der Waals surface area contributed by atoms with Crippen LogP contribution < -0.4 is 49.1 Å². The predicted octanol–water partition coefficient (Wildman–Crippen LogP) is 1.87. The van der Waals surface area contributed by atoms with Crippen molar-refractivity contribution in [2.24, 2.45) is 17.2 Å². The van der Waals surface area contributed by atoms with Crippen LogP contribution in [-0.2, 0) is 64.0 Å². The molecule has 0 bridgehead atoms. The summed E-state index contributed by atoms with van der Waals surface area (Å²) in [6.45, 7) is 1.48. The molecule has 442 valence electrons. The van der Waals surface area contributed by atoms with E-state index in [-0.39, 0.29) is 55.9 Å². The molecule has 0 saturated heterocycles. The molecular formula is C59H72ClN11O10S2. The summed E-state index contributed by atoms with van der Waals surface area (Å²) in [5.41, 5.74) is 21.1. The summed E-state index contributed by atoms with van der Waals surface area (Å²) in [6.07, 6.45) is 0.716. The molecule has 6 aromatic rings. The highest BCUT2D eigenvalue weighted by Crippen LogP contribution is 2.22. The van der Waals surface area contributed by atoms with Crippen molar-refractivity contribution in [3.8, 4) is 5.75 Å². The van der Waals surface area contributed by atoms with Gasteiger partial charge >= 0.3 is 0 Å². The quantitative estimate of drug-likeness (QED) is 0.0227. The standard InChI is InChI=1S/C59H72ClN11O10S2/c1-33(72)51(58(80)69-49(32-83)55(77)65-45(52(63)74)28-36-14-19-37-9-3-4-10-38(37)25-36)70-57(79)50(13-7-8-24-61)71(2)59(81)47(29-39-30-64-44-12-6-5-11-42(39)44)67-54(76)46(27-35-17-22-41(73)23-18-35)66-56(78)48(31-82)68-53(75)43(62)26-34-15-20-40(60)21-16-34/h3-6,9-12,14-23,25,30,33,43,45-51,64,72-73,82-83H,7-8,13,24,26-29,31-32,61-62H2,1-2H3,(H2,63,74)(H,65,77)(H,66,78)(H,67,76)(H,68,75)(H,69,80)(H,70,79)/t33-,43-,45+,46+,47-,48-,49+,50+,51+/m1/s1. The van der Waals surface area contributed by atoms with Gasteiger partial charge in [0.05, 0.1) is 12.1 Å². The van der Waals surface area contributed by atoms with Crippen molar-refractivity contribution >= 4 is 106 Å². The van der Waals surface area contributed by atoms with Gasteiger partial charge in [-0.3, -0.25) is 38.4 Å². The number of phenolic OH excluding ortho intramolecular Hbond substituents is 1. The number of halogens is 1. The lowest BCUT2D eigenvalue weighted by atomic mass is 9.99. The van der Waals surface area contributed by atoms with Crippen molar-refractivity contribution < 1.29 is 48.6 Å². The van der Waals surface area contributed by atoms with E-state index in [9.17, 15) is 43.8 Å². The molecule has 0 radical (unpaired) electrons. The molecule has 83 heavy (non-hydrogen) atoms. The highest BCUT2D eigenvalue weighted by atomic mass is 35.5. The summed E-state index contributed by atoms with van der Waals surface area (Å²) >= 11 is 14.6. The number of carbonyl (C=O) groups is 8. The van der Waals surface area contributed by atoms with Crippen molar-refractivity contribution in [1.29, 1.82) is 0 Å². The van der Waals surface area contributed by atoms with Gasteiger partial charge in [0.1, 0.15) is 48.0 Å². The number of hydrogen-bond acceptors (Lipinski definition) is 14. The van der Waals surface area contributed by atoms with Gasteiger partial charge in [0.2, 0.25) is 47.3 Å². The second kappa shape index (κ2) is 31.1. The Kier molecular flexibility index (Phi) is 24.2. The Morgan fingerprint density at radius 2 is 1.16 bits per heavy atom. The molecular weight excluding hydrogens is 1120 g/mol. The number of nitrogens with one attached hydrogen (secondary N) is 7. The lowest BCUT2D eigenvalue weighted by Crippen LogP contribution is -2.62. The minimum absolute atomic E-state index is 0.000284. The SMILES string of the molecule is C[C@@H](O)[C@H](NC(=O)[C@H](CCCCN)N(C)C(=O)[C@@H](Cc1c[nH]c2ccccc12)NC(=O)[C@H](Cc1ccc(O)cc1)NC(=O)[C@@H](CS)NC(=O)[C@H](N)Cc1ccc(Cl)cc1)C(=O)N[C@@H](CS)C(=O)N[C@@H](Cc1ccc2ccccc2c1)C(N)=O. The number of aromatic amines is 1. The van der Waals surface area contributed by atoms with E-state index in [4.69, 9.17) is 28.8 Å². The number of rotatable bonds is 30. The normalized spacial score (nSPS) is 14.6. The van der Waals surface area contributed by atoms with Crippen LogP contribution in [0.5, 0.6) is 5.75 Å². The third-order valence-corrected chi connectivity index (χ3v) is 15.1. The summed E-state index contributed by atoms with van der Waals surface area (Å²) in [5, 5.41) is 40.0. The van der Waals surface area contributed by atoms with Crippen LogP contribution in [0, 0.1) is 0 Å². The lowest BCUT2D eigenvalue weighted by molar-refractivity contribution is -0.143. The molecule has 0 fully saturated rings. The first kappa shape index (κ1) is 64.5. The Morgan fingerprint density at radius 1 is 0.614 bits per heavy atom. The van der Waals surface area contributed by atoms with E-state index < -0.39 is 102 Å². The van der Waals surface area contributed by atoms with E-state index in [0.29, 0.717) is 34.6 Å². The number of thiol groups is 2. The van der Waals surface area contributed by atoms with Gasteiger partial charge in [0, 0.05) is 59.9 Å². The Bertz CT molecular complexity index is 3220. The molecule has 8 amide bonds. The molecule has 0 spiro atoms. The smallest absolute Gasteiger partial charge is 0.245 e. The number of aromatic nitrogens is 1. The highest BCUT2D eigenvalue weighted by molar-refractivity contribution is 7.80. The largest absolute Gasteiger partial charge is 0.508 e. The van der Waals surface area contributed by atoms with Crippen molar-refractivity contribution in [2.45, 2.75) is 106 Å². The third kappa shape index (κ3) is 18.4. The number of likely N-dealkylation sites (N-methyl/N-ethyl adjacent to an activating group) is 1. The number of unbranched alkanes of at least 4 members (excludes halogenated alkanes) is 1. The molecule has 5 aromatic carbocycles. The van der Waals surface area contributed by atoms with Gasteiger partial charge in [-0.15, -0.1) is 0 Å². The number of hydrogen-bond donors (Lipinski definition) is 14. The molecule has 0 saturated carbocycles. The van der Waals surface area contributed by atoms with Crippen LogP contribution in [0.15, 0.2) is 121 Å². The zero-order valence-corrected chi connectivity index (χ0v) is 48.5. The number of amides is 8. The van der Waals surface area contributed by atoms with E-state index in [0.717, 1.165) is 32.1 Å². The summed E-state index contributed by atoms with van der Waals surface area (Å²) in [4.78, 5) is 117. The average Bonchev–Trinajstić information content (AvgIpc) is 3.99. The number of fused-ring (bicyclic) bond motifs is 2. The van der Waals surface area contributed by atoms with E-state index in [1.165, 1.54) is 26.1 Å². The third-order valence-electron chi connectivity index (χ3n) is 14.1. The fraction of sp³-hybridized carbons (Fsp3) is 0.356. The van der Waals surface area contributed by atoms with E-state index in [1.807, 2.05) is 54.6 Å². The van der Waals surface area contributed by atoms with Gasteiger partial charge in [0.15, 0.2) is 0 Å².